The lowest BCUT2D eigenvalue weighted by Crippen LogP contribution is -2.16. The molecule has 0 saturated carbocycles. The molecule has 0 atom stereocenters. The molecule has 1 aromatic heterocycles. The molecule has 0 spiro atoms. The van der Waals surface area contributed by atoms with E-state index in [2.05, 4.69) is 16.9 Å². The van der Waals surface area contributed by atoms with Gasteiger partial charge in [0.1, 0.15) is 6.07 Å². The summed E-state index contributed by atoms with van der Waals surface area (Å²) in [5, 5.41) is 14.8. The summed E-state index contributed by atoms with van der Waals surface area (Å²) in [6, 6.07) is 1.35. The Morgan fingerprint density at radius 2 is 2.20 bits per heavy atom. The maximum absolute atomic E-state index is 12.5. The van der Waals surface area contributed by atoms with Crippen LogP contribution in [0.2, 0.25) is 0 Å². The van der Waals surface area contributed by atoms with E-state index in [4.69, 9.17) is 5.26 Å². The zero-order valence-electron chi connectivity index (χ0n) is 7.84. The number of nitrogens with zero attached hydrogens (tertiary/aromatic N) is 4. The molecule has 0 saturated heterocycles. The van der Waals surface area contributed by atoms with Gasteiger partial charge in [-0.25, -0.2) is 4.68 Å². The van der Waals surface area contributed by atoms with Crippen molar-refractivity contribution in [2.24, 2.45) is 0 Å². The van der Waals surface area contributed by atoms with Crippen LogP contribution in [0.3, 0.4) is 0 Å². The predicted molar refractivity (Wildman–Crippen MR) is 44.6 cm³/mol. The van der Waals surface area contributed by atoms with Gasteiger partial charge in [-0.3, -0.25) is 0 Å². The zero-order chi connectivity index (χ0) is 11.6. The summed E-state index contributed by atoms with van der Waals surface area (Å²) < 4.78 is 38.1. The van der Waals surface area contributed by atoms with Crippen molar-refractivity contribution in [3.05, 3.63) is 23.5 Å². The minimum atomic E-state index is -4.63. The third-order valence-electron chi connectivity index (χ3n) is 1.53. The highest BCUT2D eigenvalue weighted by Gasteiger charge is 2.39. The van der Waals surface area contributed by atoms with Crippen molar-refractivity contribution >= 4 is 0 Å². The minimum Gasteiger partial charge on any atom is -0.235 e. The molecule has 0 fully saturated rings. The van der Waals surface area contributed by atoms with Gasteiger partial charge in [0.25, 0.3) is 0 Å². The van der Waals surface area contributed by atoms with E-state index in [0.29, 0.717) is 10.3 Å². The molecule has 15 heavy (non-hydrogen) atoms. The van der Waals surface area contributed by atoms with Crippen LogP contribution >= 0.6 is 0 Å². The maximum atomic E-state index is 12.5. The van der Waals surface area contributed by atoms with E-state index < -0.39 is 17.6 Å². The summed E-state index contributed by atoms with van der Waals surface area (Å²) in [7, 11) is 0. The van der Waals surface area contributed by atoms with Crippen molar-refractivity contribution in [3.63, 3.8) is 0 Å². The SMILES string of the molecule is C=C(C)Cn1nnc(C#N)c1C(F)(F)F. The molecule has 0 aliphatic heterocycles. The summed E-state index contributed by atoms with van der Waals surface area (Å²) in [5.41, 5.74) is -1.35. The van der Waals surface area contributed by atoms with Crippen LogP contribution in [0.15, 0.2) is 12.2 Å². The average Bonchev–Trinajstić information content (AvgIpc) is 2.45. The first-order valence-corrected chi connectivity index (χ1v) is 3.91. The van der Waals surface area contributed by atoms with Crippen LogP contribution in [0.25, 0.3) is 0 Å². The maximum Gasteiger partial charge on any atom is 0.436 e. The second-order valence-electron chi connectivity index (χ2n) is 3.01. The lowest BCUT2D eigenvalue weighted by Gasteiger charge is -2.08. The van der Waals surface area contributed by atoms with Crippen molar-refractivity contribution in [2.75, 3.05) is 0 Å². The summed E-state index contributed by atoms with van der Waals surface area (Å²) in [6.45, 7) is 4.93. The molecule has 0 aromatic carbocycles. The van der Waals surface area contributed by atoms with Gasteiger partial charge >= 0.3 is 6.18 Å². The summed E-state index contributed by atoms with van der Waals surface area (Å²) in [5.74, 6) is 0. The second kappa shape index (κ2) is 3.73. The fourth-order valence-electron chi connectivity index (χ4n) is 1.04. The number of hydrogen-bond donors (Lipinski definition) is 0. The molecule has 4 nitrogen and oxygen atoms in total. The Morgan fingerprint density at radius 3 is 2.60 bits per heavy atom. The monoisotopic (exact) mass is 216 g/mol. The highest BCUT2D eigenvalue weighted by Crippen LogP contribution is 2.30. The molecule has 7 heteroatoms. The van der Waals surface area contributed by atoms with Crippen LogP contribution in [0.1, 0.15) is 18.3 Å². The summed E-state index contributed by atoms with van der Waals surface area (Å²) in [6.07, 6.45) is -4.63. The Hall–Kier alpha value is -1.84. The van der Waals surface area contributed by atoms with E-state index in [1.165, 1.54) is 6.07 Å². The Labute approximate surface area is 83.6 Å². The molecular weight excluding hydrogens is 209 g/mol. The Morgan fingerprint density at radius 1 is 1.60 bits per heavy atom. The highest BCUT2D eigenvalue weighted by molar-refractivity contribution is 5.27. The second-order valence-corrected chi connectivity index (χ2v) is 3.01. The quantitative estimate of drug-likeness (QED) is 0.707. The molecular formula is C8H7F3N4. The van der Waals surface area contributed by atoms with Crippen LogP contribution < -0.4 is 0 Å². The van der Waals surface area contributed by atoms with E-state index in [9.17, 15) is 13.2 Å². The van der Waals surface area contributed by atoms with E-state index in [0.717, 1.165) is 0 Å². The number of hydrogen-bond acceptors (Lipinski definition) is 3. The van der Waals surface area contributed by atoms with Crippen LogP contribution in [0.5, 0.6) is 0 Å². The first kappa shape index (κ1) is 11.2. The fraction of sp³-hybridized carbons (Fsp3) is 0.375. The normalized spacial score (nSPS) is 11.1. The van der Waals surface area contributed by atoms with Gasteiger partial charge < -0.3 is 0 Å². The summed E-state index contributed by atoms with van der Waals surface area (Å²) in [4.78, 5) is 0. The van der Waals surface area contributed by atoms with Crippen LogP contribution in [0.4, 0.5) is 13.2 Å². The topological polar surface area (TPSA) is 54.5 Å². The predicted octanol–water partition coefficient (Wildman–Crippen LogP) is 1.74. The number of aromatic nitrogens is 3. The Balaban J connectivity index is 3.25. The zero-order valence-corrected chi connectivity index (χ0v) is 7.84. The van der Waals surface area contributed by atoms with Crippen molar-refractivity contribution in [2.45, 2.75) is 19.6 Å². The average molecular weight is 216 g/mol. The number of nitriles is 1. The Kier molecular flexibility index (Phi) is 2.79. The van der Waals surface area contributed by atoms with Gasteiger partial charge in [-0.1, -0.05) is 17.4 Å². The van der Waals surface area contributed by atoms with E-state index >= 15 is 0 Å². The van der Waals surface area contributed by atoms with Crippen molar-refractivity contribution in [1.82, 2.24) is 15.0 Å². The van der Waals surface area contributed by atoms with E-state index in [1.807, 2.05) is 0 Å². The highest BCUT2D eigenvalue weighted by atomic mass is 19.4. The first-order chi connectivity index (χ1) is 6.86. The minimum absolute atomic E-state index is 0.108. The molecule has 0 bridgehead atoms. The molecule has 0 aliphatic rings. The Bertz CT molecular complexity index is 424. The smallest absolute Gasteiger partial charge is 0.235 e. The first-order valence-electron chi connectivity index (χ1n) is 3.91. The van der Waals surface area contributed by atoms with Crippen LogP contribution in [-0.4, -0.2) is 15.0 Å². The third kappa shape index (κ3) is 2.34. The van der Waals surface area contributed by atoms with Crippen molar-refractivity contribution < 1.29 is 13.2 Å². The molecule has 1 rings (SSSR count). The van der Waals surface area contributed by atoms with Gasteiger partial charge in [-0.05, 0) is 6.92 Å². The number of allylic oxidation sites excluding steroid dienone is 1. The van der Waals surface area contributed by atoms with Gasteiger partial charge in [0.15, 0.2) is 11.4 Å². The molecule has 0 radical (unpaired) electrons. The molecule has 80 valence electrons. The lowest BCUT2D eigenvalue weighted by molar-refractivity contribution is -0.144. The molecule has 0 unspecified atom stereocenters. The molecule has 1 heterocycles. The molecule has 0 aliphatic carbocycles. The van der Waals surface area contributed by atoms with Gasteiger partial charge in [0.2, 0.25) is 0 Å². The fourth-order valence-corrected chi connectivity index (χ4v) is 1.04. The lowest BCUT2D eigenvalue weighted by atomic mass is 10.3. The van der Waals surface area contributed by atoms with E-state index in [-0.39, 0.29) is 6.54 Å². The number of halogens is 3. The van der Waals surface area contributed by atoms with E-state index in [1.54, 1.807) is 6.92 Å². The standard InChI is InChI=1S/C8H7F3N4/c1-5(2)4-15-7(8(9,10)11)6(3-12)13-14-15/h1,4H2,2H3. The van der Waals surface area contributed by atoms with Crippen LogP contribution in [0, 0.1) is 11.3 Å². The molecule has 1 aromatic rings. The van der Waals surface area contributed by atoms with Gasteiger partial charge in [-0.15, -0.1) is 5.10 Å². The molecule has 0 N–H and O–H groups in total. The van der Waals surface area contributed by atoms with Crippen LogP contribution in [-0.2, 0) is 12.7 Å². The molecule has 0 amide bonds. The summed E-state index contributed by atoms with van der Waals surface area (Å²) >= 11 is 0. The van der Waals surface area contributed by atoms with Crippen molar-refractivity contribution in [1.29, 1.82) is 5.26 Å². The van der Waals surface area contributed by atoms with Gasteiger partial charge in [0.05, 0.1) is 6.54 Å². The van der Waals surface area contributed by atoms with Crippen molar-refractivity contribution in [3.8, 4) is 6.07 Å². The van der Waals surface area contributed by atoms with Gasteiger partial charge in [0, 0.05) is 0 Å². The largest absolute Gasteiger partial charge is 0.436 e. The third-order valence-corrected chi connectivity index (χ3v) is 1.53. The van der Waals surface area contributed by atoms with Gasteiger partial charge in [-0.2, -0.15) is 18.4 Å². The number of alkyl halides is 3. The number of rotatable bonds is 2.